The van der Waals surface area contributed by atoms with Gasteiger partial charge in [-0.15, -0.1) is 11.3 Å². The van der Waals surface area contributed by atoms with Gasteiger partial charge < -0.3 is 34.6 Å². The molecule has 0 radical (unpaired) electrons. The normalized spacial score (nSPS) is 18.3. The molecule has 1 spiro atoms. The molecule has 13 heteroatoms. The first-order chi connectivity index (χ1) is 29.2. The number of unbranched alkanes of at least 4 members (excludes halogenated alkanes) is 1. The molecular weight excluding hydrogens is 777 g/mol. The zero-order chi connectivity index (χ0) is 41.7. The predicted molar refractivity (Wildman–Crippen MR) is 236 cm³/mol. The summed E-state index contributed by atoms with van der Waals surface area (Å²) in [6.07, 6.45) is 11.8. The number of fused-ring (bicyclic) bond motifs is 1. The molecule has 60 heavy (non-hydrogen) atoms. The number of morpholine rings is 1. The van der Waals surface area contributed by atoms with Crippen LogP contribution in [-0.4, -0.2) is 121 Å². The number of rotatable bonds is 19. The average molecular weight is 843 g/mol. The van der Waals surface area contributed by atoms with Crippen LogP contribution in [0.2, 0.25) is 0 Å². The summed E-state index contributed by atoms with van der Waals surface area (Å²) in [5.41, 5.74) is 4.79. The summed E-state index contributed by atoms with van der Waals surface area (Å²) in [5.74, 6) is 1.19. The molecule has 3 fully saturated rings. The number of aromatic nitrogens is 1. The van der Waals surface area contributed by atoms with Gasteiger partial charge in [0.2, 0.25) is 5.91 Å². The lowest BCUT2D eigenvalue weighted by Gasteiger charge is -2.47. The molecule has 3 aromatic rings. The van der Waals surface area contributed by atoms with Crippen molar-refractivity contribution in [3.8, 4) is 5.75 Å². The fourth-order valence-electron chi connectivity index (χ4n) is 9.16. The van der Waals surface area contributed by atoms with E-state index >= 15 is 0 Å². The number of thiazole rings is 1. The van der Waals surface area contributed by atoms with Crippen LogP contribution in [0.15, 0.2) is 47.8 Å². The molecule has 3 amide bonds. The highest BCUT2D eigenvalue weighted by atomic mass is 32.1. The average Bonchev–Trinajstić information content (AvgIpc) is 3.77. The Morgan fingerprint density at radius 3 is 2.65 bits per heavy atom. The first kappa shape index (κ1) is 44.2. The lowest BCUT2D eigenvalue weighted by atomic mass is 9.89. The Morgan fingerprint density at radius 2 is 1.83 bits per heavy atom. The summed E-state index contributed by atoms with van der Waals surface area (Å²) in [6, 6.07) is 15.1. The van der Waals surface area contributed by atoms with E-state index in [0.29, 0.717) is 63.5 Å². The molecule has 2 saturated heterocycles. The number of hydrogen-bond donors (Lipinski definition) is 2. The molecule has 1 aromatic heterocycles. The van der Waals surface area contributed by atoms with Crippen LogP contribution in [0.3, 0.4) is 0 Å². The number of benzene rings is 2. The van der Waals surface area contributed by atoms with E-state index in [0.717, 1.165) is 106 Å². The maximum atomic E-state index is 13.5. The van der Waals surface area contributed by atoms with Crippen LogP contribution in [0.5, 0.6) is 5.75 Å². The van der Waals surface area contributed by atoms with Crippen molar-refractivity contribution in [2.45, 2.75) is 115 Å². The highest BCUT2D eigenvalue weighted by Gasteiger charge is 2.41. The smallest absolute Gasteiger partial charge is 0.273 e. The van der Waals surface area contributed by atoms with Crippen LogP contribution < -0.4 is 15.4 Å². The molecule has 0 unspecified atom stereocenters. The van der Waals surface area contributed by atoms with E-state index in [1.54, 1.807) is 11.3 Å². The summed E-state index contributed by atoms with van der Waals surface area (Å²) in [5, 5.41) is 9.33. The third-order valence-electron chi connectivity index (χ3n) is 12.6. The van der Waals surface area contributed by atoms with Gasteiger partial charge in [0.15, 0.2) is 6.61 Å². The molecule has 0 bridgehead atoms. The maximum absolute atomic E-state index is 13.5. The van der Waals surface area contributed by atoms with Gasteiger partial charge in [-0.3, -0.25) is 19.3 Å². The van der Waals surface area contributed by atoms with Crippen LogP contribution in [-0.2, 0) is 38.4 Å². The van der Waals surface area contributed by atoms with E-state index in [9.17, 15) is 14.4 Å². The number of piperidine rings is 1. The Hall–Kier alpha value is -3.88. The lowest BCUT2D eigenvalue weighted by Crippen LogP contribution is -2.58. The van der Waals surface area contributed by atoms with Crippen LogP contribution in [0.25, 0.3) is 0 Å². The molecule has 1 saturated carbocycles. The van der Waals surface area contributed by atoms with Crippen LogP contribution in [0, 0.1) is 0 Å². The summed E-state index contributed by atoms with van der Waals surface area (Å²) < 4.78 is 18.1. The third-order valence-corrected chi connectivity index (χ3v) is 13.7. The molecule has 1 aliphatic carbocycles. The van der Waals surface area contributed by atoms with Gasteiger partial charge >= 0.3 is 0 Å². The van der Waals surface area contributed by atoms with Crippen LogP contribution in [0.1, 0.15) is 116 Å². The second-order valence-electron chi connectivity index (χ2n) is 17.4. The third kappa shape index (κ3) is 12.1. The van der Waals surface area contributed by atoms with Gasteiger partial charge in [-0.05, 0) is 80.7 Å². The summed E-state index contributed by atoms with van der Waals surface area (Å²) in [4.78, 5) is 49.7. The van der Waals surface area contributed by atoms with Crippen molar-refractivity contribution in [2.75, 3.05) is 77.6 Å². The van der Waals surface area contributed by atoms with Gasteiger partial charge in [0, 0.05) is 63.2 Å². The van der Waals surface area contributed by atoms with E-state index in [1.165, 1.54) is 30.4 Å². The second-order valence-corrected chi connectivity index (χ2v) is 18.3. The number of likely N-dealkylation sites (tertiary alicyclic amines) is 1. The maximum Gasteiger partial charge on any atom is 0.273 e. The number of ether oxygens (including phenoxy) is 3. The number of para-hydroxylation sites is 1. The summed E-state index contributed by atoms with van der Waals surface area (Å²) in [6.45, 7) is 12.3. The molecule has 4 aliphatic rings. The zero-order valence-electron chi connectivity index (χ0n) is 35.9. The molecule has 3 aliphatic heterocycles. The number of aryl methyl sites for hydroxylation is 1. The van der Waals surface area contributed by atoms with Gasteiger partial charge in [-0.1, -0.05) is 69.5 Å². The zero-order valence-corrected chi connectivity index (χ0v) is 36.7. The molecular formula is C47H66N6O6S. The largest absolute Gasteiger partial charge is 0.481 e. The van der Waals surface area contributed by atoms with E-state index in [1.807, 2.05) is 28.5 Å². The Bertz CT molecular complexity index is 1870. The predicted octanol–water partition coefficient (Wildman–Crippen LogP) is 6.83. The monoisotopic (exact) mass is 842 g/mol. The van der Waals surface area contributed by atoms with Gasteiger partial charge in [0.1, 0.15) is 11.4 Å². The molecule has 2 aromatic carbocycles. The SMILES string of the molecule is CC(C)c1nc(C(=O)N2CCOC3(CCN(Cc4cccc(CCCCOCCC(=O)N(CCNCCc5cccc6c5OCC(=O)N6)C5CCCCC5)c4)CC3)C2)cs1. The second kappa shape index (κ2) is 21.8. The van der Waals surface area contributed by atoms with Crippen molar-refractivity contribution in [2.24, 2.45) is 0 Å². The van der Waals surface area contributed by atoms with Gasteiger partial charge in [0.25, 0.3) is 11.8 Å². The summed E-state index contributed by atoms with van der Waals surface area (Å²) in [7, 11) is 0. The van der Waals surface area contributed by atoms with Crippen LogP contribution in [0.4, 0.5) is 5.69 Å². The lowest BCUT2D eigenvalue weighted by molar-refractivity contribution is -0.135. The van der Waals surface area contributed by atoms with Gasteiger partial charge in [-0.25, -0.2) is 4.98 Å². The fraction of sp³-hybridized carbons (Fsp3) is 0.617. The number of anilines is 1. The molecule has 7 rings (SSSR count). The Balaban J connectivity index is 0.773. The van der Waals surface area contributed by atoms with Crippen molar-refractivity contribution in [1.29, 1.82) is 0 Å². The van der Waals surface area contributed by atoms with E-state index < -0.39 is 0 Å². The quantitative estimate of drug-likeness (QED) is 0.125. The van der Waals surface area contributed by atoms with Crippen LogP contribution >= 0.6 is 11.3 Å². The van der Waals surface area contributed by atoms with Gasteiger partial charge in [-0.2, -0.15) is 0 Å². The van der Waals surface area contributed by atoms with Gasteiger partial charge in [0.05, 0.1) is 42.5 Å². The minimum Gasteiger partial charge on any atom is -0.481 e. The van der Waals surface area contributed by atoms with Crippen molar-refractivity contribution in [1.82, 2.24) is 25.0 Å². The highest BCUT2D eigenvalue weighted by molar-refractivity contribution is 7.09. The first-order valence-electron chi connectivity index (χ1n) is 22.6. The number of hydrogen-bond acceptors (Lipinski definition) is 10. The molecule has 0 atom stereocenters. The number of carbonyl (C=O) groups excluding carboxylic acids is 3. The standard InChI is InChI=1S/C47H66N6O6S/c1-35(2)45-50-41(33-60-45)46(56)52-26-29-59-47(34-52)19-23-51(24-20-47)31-37-12-8-11-36(30-37)10-6-7-27-57-28-18-43(55)53(39-14-4-3-5-15-39)25-22-48-21-17-38-13-9-16-40-44(38)58-32-42(54)49-40/h8-9,11-13,16,30,33,35,39,48H,3-7,10,14-15,17-29,31-32,34H2,1-2H3,(H,49,54). The summed E-state index contributed by atoms with van der Waals surface area (Å²) >= 11 is 1.57. The Morgan fingerprint density at radius 1 is 1.02 bits per heavy atom. The van der Waals surface area contributed by atoms with E-state index in [4.69, 9.17) is 14.2 Å². The number of nitrogens with zero attached hydrogens (tertiary/aromatic N) is 4. The van der Waals surface area contributed by atoms with Crippen molar-refractivity contribution in [3.05, 3.63) is 75.2 Å². The topological polar surface area (TPSA) is 126 Å². The van der Waals surface area contributed by atoms with Crippen molar-refractivity contribution < 1.29 is 28.6 Å². The molecule has 12 nitrogen and oxygen atoms in total. The molecule has 2 N–H and O–H groups in total. The number of amides is 3. The van der Waals surface area contributed by atoms with Crippen molar-refractivity contribution >= 4 is 34.7 Å². The minimum atomic E-state index is -0.269. The number of carbonyl (C=O) groups is 3. The van der Waals surface area contributed by atoms with Crippen molar-refractivity contribution in [3.63, 3.8) is 0 Å². The first-order valence-corrected chi connectivity index (χ1v) is 23.4. The highest BCUT2D eigenvalue weighted by Crippen LogP contribution is 2.33. The molecule has 326 valence electrons. The van der Waals surface area contributed by atoms with E-state index in [2.05, 4.69) is 63.5 Å². The van der Waals surface area contributed by atoms with E-state index in [-0.39, 0.29) is 29.9 Å². The molecule has 4 heterocycles. The fourth-order valence-corrected chi connectivity index (χ4v) is 9.97. The minimum absolute atomic E-state index is 0.0316. The Labute approximate surface area is 360 Å². The number of nitrogens with one attached hydrogen (secondary N) is 2. The Kier molecular flexibility index (Phi) is 16.0.